The van der Waals surface area contributed by atoms with Gasteiger partial charge in [0.05, 0.1) is 10.4 Å². The second-order valence-corrected chi connectivity index (χ2v) is 9.18. The van der Waals surface area contributed by atoms with Crippen LogP contribution in [0.3, 0.4) is 0 Å². The SMILES string of the molecule is Cc1ccc(S(=O)(=O)n2cc(C(F)F)c3c(NC4CCNCC4)cccc32)cc1. The topological polar surface area (TPSA) is 63.1 Å². The molecule has 1 aliphatic rings. The minimum atomic E-state index is -4.00. The number of hydrogen-bond acceptors (Lipinski definition) is 4. The molecule has 1 fully saturated rings. The smallest absolute Gasteiger partial charge is 0.268 e. The van der Waals surface area contributed by atoms with E-state index in [-0.39, 0.29) is 27.4 Å². The molecule has 0 unspecified atom stereocenters. The van der Waals surface area contributed by atoms with E-state index in [0.717, 1.165) is 41.7 Å². The Hall–Kier alpha value is -2.45. The number of halogens is 2. The van der Waals surface area contributed by atoms with Crippen LogP contribution in [0.5, 0.6) is 0 Å². The zero-order valence-electron chi connectivity index (χ0n) is 16.0. The summed E-state index contributed by atoms with van der Waals surface area (Å²) in [7, 11) is -4.00. The molecule has 2 N–H and O–H groups in total. The molecule has 0 bridgehead atoms. The fraction of sp³-hybridized carbons (Fsp3) is 0.333. The molecule has 1 saturated heterocycles. The molecule has 29 heavy (non-hydrogen) atoms. The minimum Gasteiger partial charge on any atom is -0.382 e. The monoisotopic (exact) mass is 419 g/mol. The van der Waals surface area contributed by atoms with Crippen molar-refractivity contribution in [3.8, 4) is 0 Å². The van der Waals surface area contributed by atoms with Crippen molar-refractivity contribution in [2.45, 2.75) is 37.1 Å². The van der Waals surface area contributed by atoms with Gasteiger partial charge in [0.2, 0.25) is 0 Å². The van der Waals surface area contributed by atoms with Gasteiger partial charge in [-0.25, -0.2) is 21.2 Å². The highest BCUT2D eigenvalue weighted by Gasteiger charge is 2.26. The summed E-state index contributed by atoms with van der Waals surface area (Å²) in [5, 5.41) is 6.88. The first-order chi connectivity index (χ1) is 13.9. The van der Waals surface area contributed by atoms with Crippen LogP contribution in [0.15, 0.2) is 53.6 Å². The number of rotatable bonds is 5. The quantitative estimate of drug-likeness (QED) is 0.648. The highest BCUT2D eigenvalue weighted by molar-refractivity contribution is 7.90. The van der Waals surface area contributed by atoms with Crippen LogP contribution in [0.1, 0.15) is 30.4 Å². The normalized spacial score (nSPS) is 15.9. The Bertz CT molecular complexity index is 1120. The van der Waals surface area contributed by atoms with Crippen molar-refractivity contribution in [2.75, 3.05) is 18.4 Å². The number of anilines is 1. The standard InChI is InChI=1S/C21H23F2N3O2S/c1-14-5-7-16(8-6-14)29(27,28)26-13-17(21(22)23)20-18(3-2-4-19(20)26)25-15-9-11-24-12-10-15/h2-8,13,15,21,24-25H,9-12H2,1H3. The summed E-state index contributed by atoms with van der Waals surface area (Å²) in [4.78, 5) is 0.0672. The summed E-state index contributed by atoms with van der Waals surface area (Å²) in [5.74, 6) is 0. The average Bonchev–Trinajstić information content (AvgIpc) is 3.11. The highest BCUT2D eigenvalue weighted by atomic mass is 32.2. The van der Waals surface area contributed by atoms with Gasteiger partial charge in [-0.05, 0) is 57.1 Å². The number of alkyl halides is 2. The summed E-state index contributed by atoms with van der Waals surface area (Å²) in [6.07, 6.45) is 0.0203. The molecule has 8 heteroatoms. The summed E-state index contributed by atoms with van der Waals surface area (Å²) in [6, 6.07) is 11.5. The van der Waals surface area contributed by atoms with Crippen molar-refractivity contribution in [3.05, 3.63) is 59.8 Å². The van der Waals surface area contributed by atoms with E-state index in [2.05, 4.69) is 10.6 Å². The Balaban J connectivity index is 1.85. The van der Waals surface area contributed by atoms with Crippen LogP contribution >= 0.6 is 0 Å². The predicted molar refractivity (Wildman–Crippen MR) is 110 cm³/mol. The largest absolute Gasteiger partial charge is 0.382 e. The molecule has 154 valence electrons. The van der Waals surface area contributed by atoms with Crippen molar-refractivity contribution < 1.29 is 17.2 Å². The van der Waals surface area contributed by atoms with E-state index in [1.54, 1.807) is 30.3 Å². The summed E-state index contributed by atoms with van der Waals surface area (Å²) >= 11 is 0. The molecule has 0 amide bonds. The number of piperidine rings is 1. The molecule has 3 aromatic rings. The van der Waals surface area contributed by atoms with E-state index in [1.807, 2.05) is 6.92 Å². The molecular formula is C21H23F2N3O2S. The van der Waals surface area contributed by atoms with Crippen molar-refractivity contribution in [1.82, 2.24) is 9.29 Å². The predicted octanol–water partition coefficient (Wildman–Crippen LogP) is 4.29. The van der Waals surface area contributed by atoms with Gasteiger partial charge < -0.3 is 10.6 Å². The summed E-state index contributed by atoms with van der Waals surface area (Å²) in [6.45, 7) is 3.57. The van der Waals surface area contributed by atoms with Gasteiger partial charge >= 0.3 is 0 Å². The van der Waals surface area contributed by atoms with Gasteiger partial charge in [-0.3, -0.25) is 0 Å². The van der Waals surface area contributed by atoms with E-state index in [0.29, 0.717) is 5.69 Å². The molecule has 0 atom stereocenters. The van der Waals surface area contributed by atoms with Crippen molar-refractivity contribution in [2.24, 2.45) is 0 Å². The molecule has 0 saturated carbocycles. The fourth-order valence-corrected chi connectivity index (χ4v) is 5.15. The van der Waals surface area contributed by atoms with Crippen LogP contribution in [0, 0.1) is 6.92 Å². The lowest BCUT2D eigenvalue weighted by Crippen LogP contribution is -2.35. The minimum absolute atomic E-state index is 0.0672. The Labute approximate surface area is 168 Å². The first kappa shape index (κ1) is 19.8. The Morgan fingerprint density at radius 1 is 1.10 bits per heavy atom. The number of nitrogens with one attached hydrogen (secondary N) is 2. The third-order valence-corrected chi connectivity index (χ3v) is 7.02. The maximum atomic E-state index is 13.9. The van der Waals surface area contributed by atoms with Gasteiger partial charge in [-0.15, -0.1) is 0 Å². The lowest BCUT2D eigenvalue weighted by atomic mass is 10.0. The number of aromatic nitrogens is 1. The van der Waals surface area contributed by atoms with Gasteiger partial charge in [0.1, 0.15) is 0 Å². The molecule has 2 heterocycles. The molecule has 4 rings (SSSR count). The van der Waals surface area contributed by atoms with Gasteiger partial charge in [-0.2, -0.15) is 0 Å². The maximum absolute atomic E-state index is 13.9. The lowest BCUT2D eigenvalue weighted by molar-refractivity contribution is 0.153. The van der Waals surface area contributed by atoms with E-state index >= 15 is 0 Å². The first-order valence-corrected chi connectivity index (χ1v) is 11.0. The Morgan fingerprint density at radius 2 is 1.79 bits per heavy atom. The zero-order valence-corrected chi connectivity index (χ0v) is 16.8. The maximum Gasteiger partial charge on any atom is 0.268 e. The van der Waals surface area contributed by atoms with Gasteiger partial charge in [-0.1, -0.05) is 23.8 Å². The third kappa shape index (κ3) is 3.74. The van der Waals surface area contributed by atoms with Crippen LogP contribution in [0.2, 0.25) is 0 Å². The second kappa shape index (κ2) is 7.76. The third-order valence-electron chi connectivity index (χ3n) is 5.34. The van der Waals surface area contributed by atoms with E-state index in [9.17, 15) is 17.2 Å². The summed E-state index contributed by atoms with van der Waals surface area (Å²) < 4.78 is 55.1. The molecule has 0 aliphatic carbocycles. The molecule has 2 aromatic carbocycles. The van der Waals surface area contributed by atoms with Crippen LogP contribution in [-0.2, 0) is 10.0 Å². The molecule has 1 aliphatic heterocycles. The van der Waals surface area contributed by atoms with E-state index in [1.165, 1.54) is 12.1 Å². The Morgan fingerprint density at radius 3 is 2.45 bits per heavy atom. The van der Waals surface area contributed by atoms with Crippen molar-refractivity contribution in [1.29, 1.82) is 0 Å². The lowest BCUT2D eigenvalue weighted by Gasteiger charge is -2.25. The number of fused-ring (bicyclic) bond motifs is 1. The average molecular weight is 419 g/mol. The number of benzene rings is 2. The van der Waals surface area contributed by atoms with Gasteiger partial charge in [0.25, 0.3) is 16.4 Å². The number of nitrogens with zero attached hydrogens (tertiary/aromatic N) is 1. The molecule has 0 spiro atoms. The second-order valence-electron chi connectivity index (χ2n) is 7.37. The van der Waals surface area contributed by atoms with Gasteiger partial charge in [0.15, 0.2) is 0 Å². The number of hydrogen-bond donors (Lipinski definition) is 2. The highest BCUT2D eigenvalue weighted by Crippen LogP contribution is 2.37. The van der Waals surface area contributed by atoms with Crippen molar-refractivity contribution >= 4 is 26.6 Å². The van der Waals surface area contributed by atoms with Crippen LogP contribution in [-0.4, -0.2) is 31.5 Å². The molecule has 1 aromatic heterocycles. The van der Waals surface area contributed by atoms with Gasteiger partial charge in [0, 0.05) is 28.9 Å². The zero-order chi connectivity index (χ0) is 20.6. The molecular weight excluding hydrogens is 396 g/mol. The van der Waals surface area contributed by atoms with E-state index < -0.39 is 16.4 Å². The first-order valence-electron chi connectivity index (χ1n) is 9.59. The van der Waals surface area contributed by atoms with Crippen LogP contribution < -0.4 is 10.6 Å². The van der Waals surface area contributed by atoms with E-state index in [4.69, 9.17) is 0 Å². The molecule has 5 nitrogen and oxygen atoms in total. The summed E-state index contributed by atoms with van der Waals surface area (Å²) in [5.41, 5.74) is 1.43. The fourth-order valence-electron chi connectivity index (χ4n) is 3.78. The Kier molecular flexibility index (Phi) is 5.31. The van der Waals surface area contributed by atoms with Crippen LogP contribution in [0.4, 0.5) is 14.5 Å². The molecule has 0 radical (unpaired) electrons. The van der Waals surface area contributed by atoms with Crippen molar-refractivity contribution in [3.63, 3.8) is 0 Å². The number of aryl methyl sites for hydroxylation is 1. The van der Waals surface area contributed by atoms with Crippen LogP contribution in [0.25, 0.3) is 10.9 Å².